The summed E-state index contributed by atoms with van der Waals surface area (Å²) in [7, 11) is 4.39. The first-order valence-electron chi connectivity index (χ1n) is 23.0. The van der Waals surface area contributed by atoms with Gasteiger partial charge in [-0.15, -0.1) is 0 Å². The van der Waals surface area contributed by atoms with Crippen LogP contribution in [-0.2, 0) is 0 Å². The molecule has 0 atom stereocenters. The molecule has 4 heteroatoms. The fourth-order valence-corrected chi connectivity index (χ4v) is 11.0. The number of nitrogens with zero attached hydrogens (tertiary/aromatic N) is 4. The normalized spacial score (nSPS) is 14.2. The molecule has 0 saturated carbocycles. The standard InChI is InChI=1S/C62H46N4/c1-63-53-23-8-12-27-57(53)65(58-28-13-9-24-54(58)63)47-34-36-50-51(39-47)61(42-18-4-3-5-19-42)49-35-33-48(66-59-29-14-10-25-55(59)64(2)56-26-11-15-30-60(56)66)40-52(49)62(50)46-22-16-21-44(38-46)45-32-31-41-17-6-7-20-43(41)37-45/h3-8,10-23,25-40H,9,24H2,1-2H3. The molecular formula is C62H46N4. The smallest absolute Gasteiger partial charge is 0.0699 e. The second-order valence-electron chi connectivity index (χ2n) is 17.7. The van der Waals surface area contributed by atoms with Gasteiger partial charge in [0.05, 0.1) is 39.8 Å². The monoisotopic (exact) mass is 846 g/mol. The Bertz CT molecular complexity index is 3610. The number of para-hydroxylation sites is 6. The number of rotatable bonds is 5. The molecule has 1 aliphatic carbocycles. The summed E-state index contributed by atoms with van der Waals surface area (Å²) in [6.45, 7) is 0. The molecule has 0 fully saturated rings. The third-order valence-corrected chi connectivity index (χ3v) is 14.1. The zero-order chi connectivity index (χ0) is 43.9. The van der Waals surface area contributed by atoms with Crippen LogP contribution >= 0.6 is 0 Å². The van der Waals surface area contributed by atoms with E-state index in [1.54, 1.807) is 0 Å². The first-order chi connectivity index (χ1) is 32.6. The predicted molar refractivity (Wildman–Crippen MR) is 280 cm³/mol. The second-order valence-corrected chi connectivity index (χ2v) is 17.7. The Hall–Kier alpha value is -8.34. The lowest BCUT2D eigenvalue weighted by Gasteiger charge is -2.41. The highest BCUT2D eigenvalue weighted by Crippen LogP contribution is 2.54. The van der Waals surface area contributed by atoms with Crippen molar-refractivity contribution >= 4 is 77.8 Å². The Morgan fingerprint density at radius 2 is 0.864 bits per heavy atom. The third kappa shape index (κ3) is 5.92. The zero-order valence-electron chi connectivity index (χ0n) is 37.0. The maximum Gasteiger partial charge on any atom is 0.0699 e. The molecule has 0 saturated heterocycles. The van der Waals surface area contributed by atoms with E-state index in [9.17, 15) is 0 Å². The lowest BCUT2D eigenvalue weighted by molar-refractivity contribution is 0.849. The number of fused-ring (bicyclic) bond motifs is 6. The minimum Gasteiger partial charge on any atom is -0.345 e. The SMILES string of the molecule is CN1C2=C(C=CCC2)N(c2ccc3c(-c4cccc(-c5ccc6ccccc6c5)c4)c4cc(N5c6ccccc6N(C)c6ccccc65)ccc4c(-c4ccccc4)c3c2)c2ccccc21. The second kappa shape index (κ2) is 15.1. The Morgan fingerprint density at radius 3 is 1.55 bits per heavy atom. The van der Waals surface area contributed by atoms with Crippen molar-refractivity contribution in [3.05, 3.63) is 230 Å². The van der Waals surface area contributed by atoms with Gasteiger partial charge in [-0.25, -0.2) is 0 Å². The van der Waals surface area contributed by atoms with E-state index in [0.29, 0.717) is 0 Å². The van der Waals surface area contributed by atoms with Gasteiger partial charge in [-0.3, -0.25) is 0 Å². The fraction of sp³-hybridized carbons (Fsp3) is 0.0645. The molecule has 0 N–H and O–H groups in total. The molecule has 3 aliphatic rings. The van der Waals surface area contributed by atoms with Gasteiger partial charge in [0.1, 0.15) is 0 Å². The van der Waals surface area contributed by atoms with Crippen LogP contribution in [0.2, 0.25) is 0 Å². The van der Waals surface area contributed by atoms with Gasteiger partial charge in [0.25, 0.3) is 0 Å². The van der Waals surface area contributed by atoms with Crippen molar-refractivity contribution in [2.45, 2.75) is 12.8 Å². The highest BCUT2D eigenvalue weighted by molar-refractivity contribution is 6.23. The van der Waals surface area contributed by atoms with Gasteiger partial charge < -0.3 is 19.6 Å². The van der Waals surface area contributed by atoms with E-state index in [2.05, 4.69) is 252 Å². The molecule has 314 valence electrons. The van der Waals surface area contributed by atoms with Crippen LogP contribution < -0.4 is 19.6 Å². The Balaban J connectivity index is 1.11. The molecule has 0 radical (unpaired) electrons. The molecule has 0 bridgehead atoms. The van der Waals surface area contributed by atoms with Crippen LogP contribution in [0.15, 0.2) is 230 Å². The third-order valence-electron chi connectivity index (χ3n) is 14.1. The summed E-state index contributed by atoms with van der Waals surface area (Å²) in [5, 5.41) is 7.35. The summed E-state index contributed by atoms with van der Waals surface area (Å²) in [4.78, 5) is 9.64. The van der Waals surface area contributed by atoms with Gasteiger partial charge in [-0.2, -0.15) is 0 Å². The van der Waals surface area contributed by atoms with Crippen molar-refractivity contribution in [3.8, 4) is 33.4 Å². The Morgan fingerprint density at radius 1 is 0.348 bits per heavy atom. The van der Waals surface area contributed by atoms with Crippen molar-refractivity contribution in [2.75, 3.05) is 33.7 Å². The van der Waals surface area contributed by atoms with Crippen LogP contribution in [0, 0.1) is 0 Å². The van der Waals surface area contributed by atoms with Crippen LogP contribution in [0.3, 0.4) is 0 Å². The maximum absolute atomic E-state index is 2.49. The summed E-state index contributed by atoms with van der Waals surface area (Å²) in [6.07, 6.45) is 6.69. The first-order valence-corrected chi connectivity index (χ1v) is 23.0. The average Bonchev–Trinajstić information content (AvgIpc) is 3.38. The molecule has 0 aromatic heterocycles. The minimum atomic E-state index is 1.00. The fourth-order valence-electron chi connectivity index (χ4n) is 11.0. The largest absolute Gasteiger partial charge is 0.345 e. The van der Waals surface area contributed by atoms with E-state index < -0.39 is 0 Å². The van der Waals surface area contributed by atoms with E-state index in [0.717, 1.165) is 35.6 Å². The quantitative estimate of drug-likeness (QED) is 0.160. The lowest BCUT2D eigenvalue weighted by Crippen LogP contribution is -2.32. The average molecular weight is 847 g/mol. The topological polar surface area (TPSA) is 13.0 Å². The van der Waals surface area contributed by atoms with Crippen LogP contribution in [0.5, 0.6) is 0 Å². The summed E-state index contributed by atoms with van der Waals surface area (Å²) in [5.41, 5.74) is 19.2. The van der Waals surface area contributed by atoms with Gasteiger partial charge >= 0.3 is 0 Å². The zero-order valence-corrected chi connectivity index (χ0v) is 37.0. The lowest BCUT2D eigenvalue weighted by atomic mass is 9.84. The van der Waals surface area contributed by atoms with Crippen LogP contribution in [-0.4, -0.2) is 14.1 Å². The summed E-state index contributed by atoms with van der Waals surface area (Å²) in [6, 6.07) is 76.4. The van der Waals surface area contributed by atoms with Crippen LogP contribution in [0.25, 0.3) is 65.7 Å². The van der Waals surface area contributed by atoms with Crippen molar-refractivity contribution < 1.29 is 0 Å². The summed E-state index contributed by atoms with van der Waals surface area (Å²) >= 11 is 0. The molecule has 0 amide bonds. The number of allylic oxidation sites excluding steroid dienone is 3. The van der Waals surface area contributed by atoms with Gasteiger partial charge in [0.2, 0.25) is 0 Å². The molecule has 66 heavy (non-hydrogen) atoms. The van der Waals surface area contributed by atoms with Gasteiger partial charge in [-0.1, -0.05) is 140 Å². The highest BCUT2D eigenvalue weighted by Gasteiger charge is 2.31. The van der Waals surface area contributed by atoms with Crippen LogP contribution in [0.1, 0.15) is 12.8 Å². The van der Waals surface area contributed by atoms with E-state index in [-0.39, 0.29) is 0 Å². The molecule has 10 aromatic rings. The molecule has 10 aromatic carbocycles. The molecule has 2 aliphatic heterocycles. The highest BCUT2D eigenvalue weighted by atomic mass is 15.3. The molecule has 2 heterocycles. The van der Waals surface area contributed by atoms with E-state index in [4.69, 9.17) is 0 Å². The first kappa shape index (κ1) is 38.1. The summed E-state index contributed by atoms with van der Waals surface area (Å²) in [5.74, 6) is 0. The molecule has 4 nitrogen and oxygen atoms in total. The number of hydrogen-bond donors (Lipinski definition) is 0. The molecule has 13 rings (SSSR count). The van der Waals surface area contributed by atoms with E-state index in [1.807, 2.05) is 0 Å². The summed E-state index contributed by atoms with van der Waals surface area (Å²) < 4.78 is 0. The van der Waals surface area contributed by atoms with Crippen molar-refractivity contribution in [2.24, 2.45) is 0 Å². The maximum atomic E-state index is 2.49. The molecule has 0 unspecified atom stereocenters. The Labute approximate surface area is 385 Å². The number of hydrogen-bond acceptors (Lipinski definition) is 4. The Kier molecular flexibility index (Phi) is 8.75. The van der Waals surface area contributed by atoms with Crippen LogP contribution in [0.4, 0.5) is 45.5 Å². The number of benzene rings is 10. The number of anilines is 8. The minimum absolute atomic E-state index is 1.00. The molecular weight excluding hydrogens is 801 g/mol. The van der Waals surface area contributed by atoms with Gasteiger partial charge in [0, 0.05) is 31.2 Å². The van der Waals surface area contributed by atoms with Gasteiger partial charge in [-0.05, 0) is 157 Å². The predicted octanol–water partition coefficient (Wildman–Crippen LogP) is 16.8. The van der Waals surface area contributed by atoms with E-state index in [1.165, 1.54) is 99.8 Å². The van der Waals surface area contributed by atoms with Gasteiger partial charge in [0.15, 0.2) is 0 Å². The van der Waals surface area contributed by atoms with E-state index >= 15 is 0 Å². The van der Waals surface area contributed by atoms with Crippen molar-refractivity contribution in [1.29, 1.82) is 0 Å². The molecule has 0 spiro atoms. The van der Waals surface area contributed by atoms with Crippen molar-refractivity contribution in [1.82, 2.24) is 0 Å². The van der Waals surface area contributed by atoms with Crippen molar-refractivity contribution in [3.63, 3.8) is 0 Å².